The van der Waals surface area contributed by atoms with E-state index in [1.165, 1.54) is 25.3 Å². The van der Waals surface area contributed by atoms with Gasteiger partial charge >= 0.3 is 5.69 Å². The second-order valence-electron chi connectivity index (χ2n) is 6.57. The molecule has 29 heavy (non-hydrogen) atoms. The van der Waals surface area contributed by atoms with E-state index in [1.54, 1.807) is 0 Å². The summed E-state index contributed by atoms with van der Waals surface area (Å²) < 4.78 is 20.0. The summed E-state index contributed by atoms with van der Waals surface area (Å²) in [5, 5.41) is 11.6. The fraction of sp³-hybridized carbons (Fsp3) is 0.211. The lowest BCUT2D eigenvalue weighted by Crippen LogP contribution is -2.42. The number of benzene rings is 1. The van der Waals surface area contributed by atoms with Crippen molar-refractivity contribution in [2.24, 2.45) is 0 Å². The van der Waals surface area contributed by atoms with Crippen LogP contribution in [-0.2, 0) is 11.3 Å². The molecule has 9 nitrogen and oxygen atoms in total. The molecular formula is C19H14FN5O4. The Hall–Kier alpha value is -4.00. The Morgan fingerprint density at radius 3 is 3.03 bits per heavy atom. The summed E-state index contributed by atoms with van der Waals surface area (Å²) in [6, 6.07) is 5.35. The number of halogens is 1. The first kappa shape index (κ1) is 18.4. The number of hydrogen-bond donors (Lipinski definition) is 2. The summed E-state index contributed by atoms with van der Waals surface area (Å²) in [4.78, 5) is 44.0. The molecule has 1 atom stereocenters. The van der Waals surface area contributed by atoms with Crippen LogP contribution in [0, 0.1) is 24.1 Å². The molecule has 10 heteroatoms. The van der Waals surface area contributed by atoms with Crippen LogP contribution in [0.3, 0.4) is 0 Å². The smallest absolute Gasteiger partial charge is 0.329 e. The largest absolute Gasteiger partial charge is 0.489 e. The van der Waals surface area contributed by atoms with Crippen LogP contribution in [0.25, 0.3) is 10.9 Å². The van der Waals surface area contributed by atoms with E-state index in [0.29, 0.717) is 21.6 Å². The topological polar surface area (TPSA) is 130 Å². The zero-order valence-corrected chi connectivity index (χ0v) is 15.2. The van der Waals surface area contributed by atoms with E-state index in [-0.39, 0.29) is 23.1 Å². The van der Waals surface area contributed by atoms with Gasteiger partial charge in [-0.25, -0.2) is 9.18 Å². The highest BCUT2D eigenvalue weighted by atomic mass is 19.1. The molecule has 146 valence electrons. The number of H-pyrrole nitrogens is 1. The van der Waals surface area contributed by atoms with Crippen LogP contribution < -0.4 is 21.3 Å². The van der Waals surface area contributed by atoms with Crippen molar-refractivity contribution in [1.82, 2.24) is 19.9 Å². The quantitative estimate of drug-likeness (QED) is 0.670. The van der Waals surface area contributed by atoms with Gasteiger partial charge in [0.1, 0.15) is 42.5 Å². The molecule has 3 aromatic rings. The summed E-state index contributed by atoms with van der Waals surface area (Å²) in [5.74, 6) is -0.806. The molecule has 0 radical (unpaired) electrons. The highest BCUT2D eigenvalue weighted by Crippen LogP contribution is 2.30. The molecule has 2 aromatic heterocycles. The summed E-state index contributed by atoms with van der Waals surface area (Å²) in [6.07, 6.45) is 1.36. The number of aromatic nitrogens is 3. The number of rotatable bonds is 3. The van der Waals surface area contributed by atoms with E-state index >= 15 is 0 Å². The molecule has 0 spiro atoms. The number of nitrogens with zero attached hydrogens (tertiary/aromatic N) is 3. The Labute approximate surface area is 162 Å². The van der Waals surface area contributed by atoms with E-state index in [0.717, 1.165) is 6.07 Å². The molecule has 1 aliphatic rings. The number of hydrogen-bond acceptors (Lipinski definition) is 6. The van der Waals surface area contributed by atoms with E-state index in [1.807, 2.05) is 6.07 Å². The van der Waals surface area contributed by atoms with Crippen LogP contribution in [0.2, 0.25) is 0 Å². The van der Waals surface area contributed by atoms with Gasteiger partial charge in [-0.3, -0.25) is 19.1 Å². The number of pyridine rings is 1. The van der Waals surface area contributed by atoms with Crippen molar-refractivity contribution in [3.63, 3.8) is 0 Å². The average molecular weight is 395 g/mol. The number of aromatic amines is 1. The Bertz CT molecular complexity index is 1320. The van der Waals surface area contributed by atoms with Crippen molar-refractivity contribution in [1.29, 1.82) is 5.26 Å². The zero-order chi connectivity index (χ0) is 20.7. The SMILES string of the molecule is Cc1c(F)ccc2[nH]c(=O)n(CC(=O)N[C@H]3COc4cc(C#N)cnc43)c(=O)c12. The second kappa shape index (κ2) is 6.87. The van der Waals surface area contributed by atoms with E-state index < -0.39 is 35.6 Å². The molecule has 0 saturated carbocycles. The fourth-order valence-electron chi connectivity index (χ4n) is 3.26. The highest BCUT2D eigenvalue weighted by molar-refractivity contribution is 5.82. The molecule has 1 aromatic carbocycles. The predicted molar refractivity (Wildman–Crippen MR) is 98.9 cm³/mol. The summed E-state index contributed by atoms with van der Waals surface area (Å²) in [6.45, 7) is 0.980. The van der Waals surface area contributed by atoms with Crippen LogP contribution >= 0.6 is 0 Å². The van der Waals surface area contributed by atoms with Crippen molar-refractivity contribution < 1.29 is 13.9 Å². The summed E-state index contributed by atoms with van der Waals surface area (Å²) in [7, 11) is 0. The van der Waals surface area contributed by atoms with Gasteiger partial charge in [0.15, 0.2) is 0 Å². The number of amides is 1. The Kier molecular flexibility index (Phi) is 4.35. The van der Waals surface area contributed by atoms with Crippen molar-refractivity contribution in [2.75, 3.05) is 6.61 Å². The normalized spacial score (nSPS) is 14.9. The molecule has 2 N–H and O–H groups in total. The van der Waals surface area contributed by atoms with Gasteiger partial charge in [0.2, 0.25) is 5.91 Å². The molecule has 0 aliphatic carbocycles. The average Bonchev–Trinajstić information content (AvgIpc) is 3.09. The van der Waals surface area contributed by atoms with Gasteiger partial charge in [0, 0.05) is 12.3 Å². The van der Waals surface area contributed by atoms with Crippen LogP contribution in [-0.4, -0.2) is 27.0 Å². The van der Waals surface area contributed by atoms with Crippen molar-refractivity contribution in [3.8, 4) is 11.8 Å². The first-order chi connectivity index (χ1) is 13.9. The lowest BCUT2D eigenvalue weighted by atomic mass is 10.1. The lowest BCUT2D eigenvalue weighted by Gasteiger charge is -2.12. The van der Waals surface area contributed by atoms with Crippen molar-refractivity contribution >= 4 is 16.8 Å². The highest BCUT2D eigenvalue weighted by Gasteiger charge is 2.28. The second-order valence-corrected chi connectivity index (χ2v) is 6.57. The maximum atomic E-state index is 13.8. The zero-order valence-electron chi connectivity index (χ0n) is 15.2. The number of nitrogens with one attached hydrogen (secondary N) is 2. The molecule has 1 amide bonds. The Morgan fingerprint density at radius 1 is 1.48 bits per heavy atom. The molecule has 0 unspecified atom stereocenters. The Morgan fingerprint density at radius 2 is 2.28 bits per heavy atom. The standard InChI is InChI=1S/C19H14FN5O4/c1-9-11(20)2-3-12-16(9)18(27)25(19(28)24-12)7-15(26)23-13-8-29-14-4-10(5-21)6-22-17(13)14/h2-4,6,13H,7-8H2,1H3,(H,23,26)(H,24,28)/t13-/m0/s1. The minimum atomic E-state index is -0.775. The molecule has 0 saturated heterocycles. The van der Waals surface area contributed by atoms with E-state index in [9.17, 15) is 18.8 Å². The summed E-state index contributed by atoms with van der Waals surface area (Å²) in [5.41, 5.74) is -0.457. The first-order valence-corrected chi connectivity index (χ1v) is 8.63. The molecular weight excluding hydrogens is 381 g/mol. The van der Waals surface area contributed by atoms with Gasteiger partial charge in [-0.15, -0.1) is 0 Å². The number of aryl methyl sites for hydroxylation is 1. The third-order valence-corrected chi connectivity index (χ3v) is 4.73. The fourth-order valence-corrected chi connectivity index (χ4v) is 3.26. The number of carbonyl (C=O) groups excluding carboxylic acids is 1. The number of nitriles is 1. The van der Waals surface area contributed by atoms with Crippen molar-refractivity contribution in [3.05, 3.63) is 67.9 Å². The van der Waals surface area contributed by atoms with Gasteiger partial charge in [0.05, 0.1) is 16.5 Å². The molecule has 4 rings (SSSR count). The van der Waals surface area contributed by atoms with Crippen LogP contribution in [0.15, 0.2) is 34.0 Å². The minimum Gasteiger partial charge on any atom is -0.489 e. The molecule has 3 heterocycles. The first-order valence-electron chi connectivity index (χ1n) is 8.63. The number of carbonyl (C=O) groups is 1. The molecule has 1 aliphatic heterocycles. The van der Waals surface area contributed by atoms with Crippen molar-refractivity contribution in [2.45, 2.75) is 19.5 Å². The Balaban J connectivity index is 1.61. The van der Waals surface area contributed by atoms with Crippen LogP contribution in [0.5, 0.6) is 5.75 Å². The molecule has 0 bridgehead atoms. The number of fused-ring (bicyclic) bond motifs is 2. The van der Waals surface area contributed by atoms with E-state index in [4.69, 9.17) is 10.00 Å². The maximum absolute atomic E-state index is 13.8. The van der Waals surface area contributed by atoms with Gasteiger partial charge in [-0.05, 0) is 24.6 Å². The van der Waals surface area contributed by atoms with Gasteiger partial charge < -0.3 is 15.0 Å². The third-order valence-electron chi connectivity index (χ3n) is 4.73. The third kappa shape index (κ3) is 3.12. The van der Waals surface area contributed by atoms with Gasteiger partial charge in [-0.1, -0.05) is 0 Å². The minimum absolute atomic E-state index is 0.0117. The van der Waals surface area contributed by atoms with Crippen LogP contribution in [0.4, 0.5) is 4.39 Å². The van der Waals surface area contributed by atoms with Gasteiger partial charge in [-0.2, -0.15) is 5.26 Å². The summed E-state index contributed by atoms with van der Waals surface area (Å²) >= 11 is 0. The molecule has 0 fully saturated rings. The maximum Gasteiger partial charge on any atom is 0.329 e. The number of ether oxygens (including phenoxy) is 1. The van der Waals surface area contributed by atoms with Crippen LogP contribution in [0.1, 0.15) is 22.9 Å². The lowest BCUT2D eigenvalue weighted by molar-refractivity contribution is -0.122. The predicted octanol–water partition coefficient (Wildman–Crippen LogP) is 0.654. The monoisotopic (exact) mass is 395 g/mol. The van der Waals surface area contributed by atoms with E-state index in [2.05, 4.69) is 15.3 Å². The van der Waals surface area contributed by atoms with Gasteiger partial charge in [0.25, 0.3) is 5.56 Å².